The number of rotatable bonds is 6. The summed E-state index contributed by atoms with van der Waals surface area (Å²) < 4.78 is 0. The first-order valence-corrected chi connectivity index (χ1v) is 30.2. The van der Waals surface area contributed by atoms with Gasteiger partial charge in [-0.1, -0.05) is 282 Å². The zero-order valence-corrected chi connectivity index (χ0v) is 48.6. The van der Waals surface area contributed by atoms with Crippen molar-refractivity contribution in [3.63, 3.8) is 0 Å². The Kier molecular flexibility index (Phi) is 10.9. The molecular weight excluding hydrogens is 1040 g/mol. The molecule has 0 heterocycles. The molecule has 15 aromatic carbocycles. The summed E-state index contributed by atoms with van der Waals surface area (Å²) in [5, 5.41) is 15.8. The van der Waals surface area contributed by atoms with Crippen LogP contribution in [-0.4, -0.2) is 0 Å². The van der Waals surface area contributed by atoms with Crippen molar-refractivity contribution in [1.82, 2.24) is 0 Å². The van der Waals surface area contributed by atoms with E-state index < -0.39 is 0 Å². The van der Waals surface area contributed by atoms with Crippen LogP contribution >= 0.6 is 11.6 Å². The van der Waals surface area contributed by atoms with Crippen LogP contribution in [0.25, 0.3) is 154 Å². The molecule has 0 saturated heterocycles. The minimum absolute atomic E-state index is 0.107. The predicted octanol–water partition coefficient (Wildman–Crippen LogP) is 23.9. The van der Waals surface area contributed by atoms with Gasteiger partial charge in [0.05, 0.1) is 0 Å². The third-order valence-electron chi connectivity index (χ3n) is 19.5. The van der Waals surface area contributed by atoms with Gasteiger partial charge in [-0.15, -0.1) is 0 Å². The summed E-state index contributed by atoms with van der Waals surface area (Å²) in [5.41, 5.74) is 25.3. The van der Waals surface area contributed by atoms with Crippen molar-refractivity contribution in [2.45, 2.75) is 38.5 Å². The van der Waals surface area contributed by atoms with Gasteiger partial charge in [0.15, 0.2) is 0 Å². The monoisotopic (exact) mass is 1100 g/mol. The van der Waals surface area contributed by atoms with Crippen molar-refractivity contribution in [3.8, 4) is 89.0 Å². The molecule has 0 nitrogen and oxygen atoms in total. The highest BCUT2D eigenvalue weighted by molar-refractivity contribution is 6.31. The Morgan fingerprint density at radius 3 is 0.753 bits per heavy atom. The van der Waals surface area contributed by atoms with E-state index in [0.29, 0.717) is 0 Å². The SMILES string of the molecule is CC1(C)c2ccccc2-c2ccc(-c3c4ccccc4c(-c4c5ccccc5c(-c5ccc6c(c5)C(C)(C)c5cc(-c7c8ccccc8c(-c8ccc(-c9ccc(Cl)cc9)cc8)c8ccccc78)ccc5-6)c5ccccc45)c4ccccc34)cc21. The van der Waals surface area contributed by atoms with E-state index >= 15 is 0 Å². The molecule has 0 fully saturated rings. The summed E-state index contributed by atoms with van der Waals surface area (Å²) in [6.45, 7) is 9.63. The fraction of sp³-hybridized carbons (Fsp3) is 0.0714. The summed E-state index contributed by atoms with van der Waals surface area (Å²) in [7, 11) is 0. The van der Waals surface area contributed by atoms with E-state index in [1.54, 1.807) is 0 Å². The number of hydrogen-bond acceptors (Lipinski definition) is 0. The Balaban J connectivity index is 0.803. The maximum absolute atomic E-state index is 6.27. The summed E-state index contributed by atoms with van der Waals surface area (Å²) >= 11 is 6.27. The second-order valence-corrected chi connectivity index (χ2v) is 25.1. The van der Waals surface area contributed by atoms with Gasteiger partial charge in [-0.3, -0.25) is 0 Å². The maximum Gasteiger partial charge on any atom is 0.0406 e. The van der Waals surface area contributed by atoms with Crippen LogP contribution in [0.5, 0.6) is 0 Å². The first-order chi connectivity index (χ1) is 41.6. The Bertz CT molecular complexity index is 5170. The Hall–Kier alpha value is -9.85. The van der Waals surface area contributed by atoms with Gasteiger partial charge in [0.1, 0.15) is 0 Å². The highest BCUT2D eigenvalue weighted by Crippen LogP contribution is 2.56. The molecule has 0 bridgehead atoms. The molecule has 400 valence electrons. The van der Waals surface area contributed by atoms with E-state index in [9.17, 15) is 0 Å². The second kappa shape index (κ2) is 18.6. The van der Waals surface area contributed by atoms with E-state index in [0.717, 1.165) is 10.6 Å². The molecular formula is C84H57Cl. The van der Waals surface area contributed by atoms with Gasteiger partial charge < -0.3 is 0 Å². The first-order valence-electron chi connectivity index (χ1n) is 29.8. The van der Waals surface area contributed by atoms with Gasteiger partial charge in [-0.25, -0.2) is 0 Å². The Labute approximate surface area is 500 Å². The molecule has 0 atom stereocenters. The topological polar surface area (TPSA) is 0 Å². The Morgan fingerprint density at radius 2 is 0.424 bits per heavy atom. The largest absolute Gasteiger partial charge is 0.0843 e. The van der Waals surface area contributed by atoms with E-state index in [4.69, 9.17) is 11.6 Å². The van der Waals surface area contributed by atoms with Crippen LogP contribution < -0.4 is 0 Å². The summed E-state index contributed by atoms with van der Waals surface area (Å²) in [6, 6.07) is 103. The lowest BCUT2D eigenvalue weighted by Crippen LogP contribution is -2.15. The van der Waals surface area contributed by atoms with Crippen molar-refractivity contribution in [2.24, 2.45) is 0 Å². The van der Waals surface area contributed by atoms with Crippen LogP contribution in [0.3, 0.4) is 0 Å². The van der Waals surface area contributed by atoms with Gasteiger partial charge in [0, 0.05) is 15.9 Å². The van der Waals surface area contributed by atoms with Crippen LogP contribution in [-0.2, 0) is 10.8 Å². The zero-order chi connectivity index (χ0) is 56.9. The standard InChI is InChI=1S/C84H57Cl/c1-83(2)73-32-18-17-19-57(73)58-44-39-53(47-74(58)83)79-65-24-9-13-28-69(65)81(70-29-14-10-25-66(70)79)82-71-30-15-11-26-67(71)80(68-27-12-16-31-72(68)82)55-41-46-60-59-45-40-54(48-75(59)84(3,4)76(60)49-55)78-63-22-7-5-20-61(63)77(62-21-6-8-23-64(62)78)52-35-33-50(34-36-52)51-37-42-56(85)43-38-51/h5-49H,1-4H3. The van der Waals surface area contributed by atoms with Crippen LogP contribution in [0.4, 0.5) is 0 Å². The third kappa shape index (κ3) is 7.29. The van der Waals surface area contributed by atoms with Crippen LogP contribution in [0.15, 0.2) is 273 Å². The minimum atomic E-state index is -0.280. The van der Waals surface area contributed by atoms with Crippen LogP contribution in [0.1, 0.15) is 49.9 Å². The molecule has 0 spiro atoms. The van der Waals surface area contributed by atoms with Gasteiger partial charge in [-0.05, 0) is 206 Å². The number of halogens is 1. The smallest absolute Gasteiger partial charge is 0.0406 e. The molecule has 1 heteroatoms. The number of fused-ring (bicyclic) bond motifs is 12. The van der Waals surface area contributed by atoms with E-state index in [1.807, 2.05) is 12.1 Å². The fourth-order valence-corrected chi connectivity index (χ4v) is 15.7. The molecule has 0 radical (unpaired) electrons. The van der Waals surface area contributed by atoms with Gasteiger partial charge in [0.2, 0.25) is 0 Å². The van der Waals surface area contributed by atoms with E-state index in [1.165, 1.54) is 170 Å². The molecule has 0 aliphatic heterocycles. The lowest BCUT2D eigenvalue weighted by atomic mass is 9.78. The fourth-order valence-electron chi connectivity index (χ4n) is 15.5. The predicted molar refractivity (Wildman–Crippen MR) is 364 cm³/mol. The molecule has 0 amide bonds. The molecule has 17 rings (SSSR count). The summed E-state index contributed by atoms with van der Waals surface area (Å²) in [5.74, 6) is 0. The average molecular weight is 1100 g/mol. The van der Waals surface area contributed by atoms with Gasteiger partial charge >= 0.3 is 0 Å². The highest BCUT2D eigenvalue weighted by Gasteiger charge is 2.38. The van der Waals surface area contributed by atoms with Crippen LogP contribution in [0, 0.1) is 0 Å². The normalized spacial score (nSPS) is 13.7. The van der Waals surface area contributed by atoms with Crippen LogP contribution in [0.2, 0.25) is 5.02 Å². The number of hydrogen-bond donors (Lipinski definition) is 0. The van der Waals surface area contributed by atoms with Crippen molar-refractivity contribution < 1.29 is 0 Å². The third-order valence-corrected chi connectivity index (χ3v) is 19.8. The van der Waals surface area contributed by atoms with Crippen molar-refractivity contribution in [3.05, 3.63) is 300 Å². The van der Waals surface area contributed by atoms with Crippen molar-refractivity contribution in [1.29, 1.82) is 0 Å². The molecule has 85 heavy (non-hydrogen) atoms. The lowest BCUT2D eigenvalue weighted by molar-refractivity contribution is 0.660. The number of benzene rings is 15. The van der Waals surface area contributed by atoms with E-state index in [-0.39, 0.29) is 10.8 Å². The maximum atomic E-state index is 6.27. The second-order valence-electron chi connectivity index (χ2n) is 24.7. The quantitative estimate of drug-likeness (QED) is 0.146. The van der Waals surface area contributed by atoms with Gasteiger partial charge in [-0.2, -0.15) is 0 Å². The molecule has 2 aliphatic rings. The highest BCUT2D eigenvalue weighted by atomic mass is 35.5. The van der Waals surface area contributed by atoms with Crippen molar-refractivity contribution >= 4 is 76.2 Å². The average Bonchev–Trinajstić information content (AvgIpc) is 2.30. The molecule has 15 aromatic rings. The molecule has 2 aliphatic carbocycles. The molecule has 0 unspecified atom stereocenters. The van der Waals surface area contributed by atoms with Crippen molar-refractivity contribution in [2.75, 3.05) is 0 Å². The van der Waals surface area contributed by atoms with Gasteiger partial charge in [0.25, 0.3) is 0 Å². The summed E-state index contributed by atoms with van der Waals surface area (Å²) in [4.78, 5) is 0. The summed E-state index contributed by atoms with van der Waals surface area (Å²) in [6.07, 6.45) is 0. The molecule has 0 N–H and O–H groups in total. The van der Waals surface area contributed by atoms with E-state index in [2.05, 4.69) is 289 Å². The molecule has 0 saturated carbocycles. The lowest BCUT2D eigenvalue weighted by Gasteiger charge is -2.25. The first kappa shape index (κ1) is 49.7. The Morgan fingerprint density at radius 1 is 0.200 bits per heavy atom. The molecule has 0 aromatic heterocycles. The minimum Gasteiger partial charge on any atom is -0.0843 e. The zero-order valence-electron chi connectivity index (χ0n) is 47.9.